The molecule has 0 aromatic carbocycles. The van der Waals surface area contributed by atoms with E-state index < -0.39 is 5.82 Å². The van der Waals surface area contributed by atoms with Crippen LogP contribution in [0.4, 0.5) is 10.2 Å². The molecule has 0 spiro atoms. The second kappa shape index (κ2) is 5.80. The van der Waals surface area contributed by atoms with Crippen molar-refractivity contribution in [3.63, 3.8) is 0 Å². The summed E-state index contributed by atoms with van der Waals surface area (Å²) < 4.78 is 13.2. The zero-order valence-electron chi connectivity index (χ0n) is 11.3. The Bertz CT molecular complexity index is 430. The van der Waals surface area contributed by atoms with Crippen molar-refractivity contribution in [1.82, 2.24) is 10.3 Å². The Morgan fingerprint density at radius 1 is 1.44 bits per heavy atom. The van der Waals surface area contributed by atoms with Gasteiger partial charge < -0.3 is 10.6 Å². The third kappa shape index (κ3) is 3.18. The fraction of sp³-hybridized carbons (Fsp3) is 0.538. The minimum Gasteiger partial charge on any atom is -0.372 e. The average Bonchev–Trinajstić information content (AvgIpc) is 2.38. The summed E-state index contributed by atoms with van der Waals surface area (Å²) in [6, 6.07) is 1.19. The molecule has 0 radical (unpaired) electrons. The van der Waals surface area contributed by atoms with Gasteiger partial charge in [0.15, 0.2) is 0 Å². The Morgan fingerprint density at radius 3 is 2.56 bits per heavy atom. The zero-order valence-corrected chi connectivity index (χ0v) is 11.3. The Kier molecular flexibility index (Phi) is 4.64. The molecule has 1 rings (SSSR count). The molecule has 0 bridgehead atoms. The van der Waals surface area contributed by atoms with Gasteiger partial charge in [0.2, 0.25) is 0 Å². The highest BCUT2D eigenvalue weighted by molar-refractivity contribution is 5.99. The van der Waals surface area contributed by atoms with Crippen LogP contribution in [0.25, 0.3) is 0 Å². The molecule has 0 saturated carbocycles. The van der Waals surface area contributed by atoms with Crippen molar-refractivity contribution in [2.24, 2.45) is 0 Å². The van der Waals surface area contributed by atoms with Crippen molar-refractivity contribution >= 4 is 11.7 Å². The van der Waals surface area contributed by atoms with Gasteiger partial charge in [0.1, 0.15) is 11.6 Å². The average molecular weight is 253 g/mol. The summed E-state index contributed by atoms with van der Waals surface area (Å²) in [4.78, 5) is 16.0. The third-order valence-corrected chi connectivity index (χ3v) is 3.31. The number of rotatable bonds is 5. The van der Waals surface area contributed by atoms with E-state index in [9.17, 15) is 9.18 Å². The van der Waals surface area contributed by atoms with Gasteiger partial charge in [-0.1, -0.05) is 13.8 Å². The van der Waals surface area contributed by atoms with Gasteiger partial charge in [0, 0.05) is 12.6 Å². The minimum atomic E-state index is -0.520. The predicted molar refractivity (Wildman–Crippen MR) is 70.2 cm³/mol. The Labute approximate surface area is 107 Å². The van der Waals surface area contributed by atoms with E-state index in [1.165, 1.54) is 6.07 Å². The van der Waals surface area contributed by atoms with E-state index in [2.05, 4.69) is 15.6 Å². The van der Waals surface area contributed by atoms with E-state index in [1.807, 2.05) is 20.8 Å². The number of aromatic nitrogens is 1. The van der Waals surface area contributed by atoms with Crippen LogP contribution in [0.1, 0.15) is 44.0 Å². The molecular formula is C13H20FN3O. The number of pyridine rings is 1. The van der Waals surface area contributed by atoms with Crippen LogP contribution < -0.4 is 10.6 Å². The van der Waals surface area contributed by atoms with Gasteiger partial charge in [0.25, 0.3) is 5.91 Å². The molecule has 1 aromatic heterocycles. The highest BCUT2D eigenvalue weighted by atomic mass is 19.1. The van der Waals surface area contributed by atoms with E-state index in [0.29, 0.717) is 5.82 Å². The molecule has 0 aliphatic carbocycles. The molecule has 1 heterocycles. The Hall–Kier alpha value is -1.65. The summed E-state index contributed by atoms with van der Waals surface area (Å²) in [5.41, 5.74) is -0.0559. The maximum absolute atomic E-state index is 13.2. The summed E-state index contributed by atoms with van der Waals surface area (Å²) in [5, 5.41) is 5.71. The van der Waals surface area contributed by atoms with Crippen LogP contribution in [0.2, 0.25) is 0 Å². The second-order valence-corrected chi connectivity index (χ2v) is 4.52. The largest absolute Gasteiger partial charge is 0.372 e. The Morgan fingerprint density at radius 2 is 2.06 bits per heavy atom. The topological polar surface area (TPSA) is 54.0 Å². The molecule has 0 aliphatic heterocycles. The predicted octanol–water partition coefficient (Wildman–Crippen LogP) is 2.57. The molecule has 0 saturated heterocycles. The number of carbonyl (C=O) groups is 1. The number of hydrogen-bond acceptors (Lipinski definition) is 3. The van der Waals surface area contributed by atoms with Crippen molar-refractivity contribution in [3.05, 3.63) is 23.6 Å². The van der Waals surface area contributed by atoms with Crippen LogP contribution in [-0.2, 0) is 0 Å². The summed E-state index contributed by atoms with van der Waals surface area (Å²) in [5.74, 6) is -0.449. The lowest BCUT2D eigenvalue weighted by atomic mass is 9.95. The van der Waals surface area contributed by atoms with Crippen LogP contribution in [0.3, 0.4) is 0 Å². The SMILES string of the molecule is CCC(C)(CC)NC(=O)c1cc(F)cnc1NC. The fourth-order valence-corrected chi connectivity index (χ4v) is 1.58. The zero-order chi connectivity index (χ0) is 13.8. The number of anilines is 1. The number of carbonyl (C=O) groups excluding carboxylic acids is 1. The van der Waals surface area contributed by atoms with Gasteiger partial charge in [-0.2, -0.15) is 0 Å². The number of amides is 1. The quantitative estimate of drug-likeness (QED) is 0.848. The summed E-state index contributed by atoms with van der Waals surface area (Å²) in [6.07, 6.45) is 2.71. The van der Waals surface area contributed by atoms with Gasteiger partial charge in [-0.05, 0) is 25.8 Å². The van der Waals surface area contributed by atoms with Gasteiger partial charge in [-0.3, -0.25) is 4.79 Å². The molecule has 0 fully saturated rings. The van der Waals surface area contributed by atoms with Crippen LogP contribution in [0, 0.1) is 5.82 Å². The number of nitrogens with one attached hydrogen (secondary N) is 2. The van der Waals surface area contributed by atoms with Crippen LogP contribution in [0.15, 0.2) is 12.3 Å². The molecule has 18 heavy (non-hydrogen) atoms. The molecule has 4 nitrogen and oxygen atoms in total. The summed E-state index contributed by atoms with van der Waals surface area (Å²) in [7, 11) is 1.65. The number of nitrogens with zero attached hydrogens (tertiary/aromatic N) is 1. The van der Waals surface area contributed by atoms with Crippen molar-refractivity contribution < 1.29 is 9.18 Å². The lowest BCUT2D eigenvalue weighted by Crippen LogP contribution is -2.45. The maximum atomic E-state index is 13.2. The first-order valence-electron chi connectivity index (χ1n) is 6.11. The van der Waals surface area contributed by atoms with Gasteiger partial charge >= 0.3 is 0 Å². The van der Waals surface area contributed by atoms with E-state index in [-0.39, 0.29) is 17.0 Å². The highest BCUT2D eigenvalue weighted by Crippen LogP contribution is 2.18. The Balaban J connectivity index is 3.00. The first-order valence-corrected chi connectivity index (χ1v) is 6.11. The van der Waals surface area contributed by atoms with Gasteiger partial charge in [-0.25, -0.2) is 9.37 Å². The van der Waals surface area contributed by atoms with E-state index in [1.54, 1.807) is 7.05 Å². The van der Waals surface area contributed by atoms with Gasteiger partial charge in [-0.15, -0.1) is 0 Å². The maximum Gasteiger partial charge on any atom is 0.255 e. The number of halogens is 1. The minimum absolute atomic E-state index is 0.227. The second-order valence-electron chi connectivity index (χ2n) is 4.52. The van der Waals surface area contributed by atoms with Crippen molar-refractivity contribution in [1.29, 1.82) is 0 Å². The van der Waals surface area contributed by atoms with Crippen LogP contribution >= 0.6 is 0 Å². The number of hydrogen-bond donors (Lipinski definition) is 2. The molecular weight excluding hydrogens is 233 g/mol. The van der Waals surface area contributed by atoms with E-state index in [0.717, 1.165) is 19.0 Å². The molecule has 2 N–H and O–H groups in total. The lowest BCUT2D eigenvalue weighted by molar-refractivity contribution is 0.0901. The monoisotopic (exact) mass is 253 g/mol. The molecule has 1 aromatic rings. The first kappa shape index (κ1) is 14.4. The van der Waals surface area contributed by atoms with Crippen LogP contribution in [0.5, 0.6) is 0 Å². The first-order chi connectivity index (χ1) is 8.45. The summed E-state index contributed by atoms with van der Waals surface area (Å²) in [6.45, 7) is 5.98. The molecule has 1 amide bonds. The standard InChI is InChI=1S/C13H20FN3O/c1-5-13(3,6-2)17-12(18)10-7-9(14)8-16-11(10)15-4/h7-8H,5-6H2,1-4H3,(H,15,16)(H,17,18). The third-order valence-electron chi connectivity index (χ3n) is 3.31. The van der Waals surface area contributed by atoms with Crippen LogP contribution in [-0.4, -0.2) is 23.5 Å². The smallest absolute Gasteiger partial charge is 0.255 e. The molecule has 0 atom stereocenters. The molecule has 0 aliphatic rings. The molecule has 100 valence electrons. The lowest BCUT2D eigenvalue weighted by Gasteiger charge is -2.28. The van der Waals surface area contributed by atoms with Crippen molar-refractivity contribution in [2.75, 3.05) is 12.4 Å². The fourth-order valence-electron chi connectivity index (χ4n) is 1.58. The molecule has 0 unspecified atom stereocenters. The molecule has 5 heteroatoms. The van der Waals surface area contributed by atoms with Crippen molar-refractivity contribution in [2.45, 2.75) is 39.2 Å². The highest BCUT2D eigenvalue weighted by Gasteiger charge is 2.24. The van der Waals surface area contributed by atoms with Crippen molar-refractivity contribution in [3.8, 4) is 0 Å². The normalized spacial score (nSPS) is 11.2. The van der Waals surface area contributed by atoms with E-state index >= 15 is 0 Å². The summed E-state index contributed by atoms with van der Waals surface area (Å²) >= 11 is 0. The van der Waals surface area contributed by atoms with Gasteiger partial charge in [0.05, 0.1) is 11.8 Å². The van der Waals surface area contributed by atoms with E-state index in [4.69, 9.17) is 0 Å².